The molecule has 18 heavy (non-hydrogen) atoms. The number of aliphatic hydroxyl groups is 1. The van der Waals surface area contributed by atoms with Crippen molar-refractivity contribution in [3.05, 3.63) is 35.9 Å². The summed E-state index contributed by atoms with van der Waals surface area (Å²) in [5.74, 6) is -0.0561. The molecule has 1 rings (SSSR count). The van der Waals surface area contributed by atoms with Crippen LogP contribution in [0.15, 0.2) is 30.3 Å². The summed E-state index contributed by atoms with van der Waals surface area (Å²) in [6, 6.07) is 9.54. The molecule has 0 fully saturated rings. The van der Waals surface area contributed by atoms with Crippen molar-refractivity contribution in [3.8, 4) is 0 Å². The molecule has 3 N–H and O–H groups in total. The Kier molecular flexibility index (Phi) is 6.39. The SMILES string of the molecule is CN(CCCO)C(=O)[C@@H](N)CCc1ccccc1. The summed E-state index contributed by atoms with van der Waals surface area (Å²) in [5.41, 5.74) is 7.08. The van der Waals surface area contributed by atoms with Gasteiger partial charge in [0.25, 0.3) is 0 Å². The standard InChI is InChI=1S/C14H22N2O2/c1-16(10-5-11-17)14(18)13(15)9-8-12-6-3-2-4-7-12/h2-4,6-7,13,17H,5,8-11,15H2,1H3/t13-/m0/s1. The average Bonchev–Trinajstić information content (AvgIpc) is 2.42. The van der Waals surface area contributed by atoms with E-state index >= 15 is 0 Å². The Hall–Kier alpha value is -1.39. The number of benzene rings is 1. The number of aryl methyl sites for hydroxylation is 1. The van der Waals surface area contributed by atoms with Gasteiger partial charge in [-0.1, -0.05) is 30.3 Å². The summed E-state index contributed by atoms with van der Waals surface area (Å²) in [7, 11) is 1.72. The van der Waals surface area contributed by atoms with E-state index in [0.29, 0.717) is 19.4 Å². The molecule has 0 unspecified atom stereocenters. The van der Waals surface area contributed by atoms with Gasteiger partial charge in [0, 0.05) is 20.2 Å². The zero-order valence-corrected chi connectivity index (χ0v) is 10.9. The molecule has 1 amide bonds. The van der Waals surface area contributed by atoms with Crippen LogP contribution in [-0.2, 0) is 11.2 Å². The molecule has 4 nitrogen and oxygen atoms in total. The number of aliphatic hydroxyl groups excluding tert-OH is 1. The zero-order chi connectivity index (χ0) is 13.4. The topological polar surface area (TPSA) is 66.6 Å². The van der Waals surface area contributed by atoms with Crippen LogP contribution in [0.25, 0.3) is 0 Å². The highest BCUT2D eigenvalue weighted by atomic mass is 16.3. The Bertz CT molecular complexity index is 354. The van der Waals surface area contributed by atoms with Gasteiger partial charge in [0.2, 0.25) is 5.91 Å². The molecular weight excluding hydrogens is 228 g/mol. The van der Waals surface area contributed by atoms with Gasteiger partial charge in [0.05, 0.1) is 6.04 Å². The largest absolute Gasteiger partial charge is 0.396 e. The Morgan fingerprint density at radius 2 is 2.06 bits per heavy atom. The van der Waals surface area contributed by atoms with Crippen LogP contribution < -0.4 is 5.73 Å². The summed E-state index contributed by atoms with van der Waals surface area (Å²) in [6.07, 6.45) is 2.04. The molecule has 100 valence electrons. The van der Waals surface area contributed by atoms with E-state index in [2.05, 4.69) is 0 Å². The van der Waals surface area contributed by atoms with Crippen molar-refractivity contribution in [1.29, 1.82) is 0 Å². The van der Waals surface area contributed by atoms with E-state index in [1.165, 1.54) is 5.56 Å². The first-order valence-electron chi connectivity index (χ1n) is 6.30. The fourth-order valence-corrected chi connectivity index (χ4v) is 1.79. The minimum absolute atomic E-state index is 0.0561. The molecular formula is C14H22N2O2. The maximum Gasteiger partial charge on any atom is 0.239 e. The lowest BCUT2D eigenvalue weighted by Crippen LogP contribution is -2.42. The molecule has 0 radical (unpaired) electrons. The first kappa shape index (κ1) is 14.7. The lowest BCUT2D eigenvalue weighted by molar-refractivity contribution is -0.131. The van der Waals surface area contributed by atoms with Crippen LogP contribution in [0, 0.1) is 0 Å². The quantitative estimate of drug-likeness (QED) is 0.752. The van der Waals surface area contributed by atoms with E-state index in [1.807, 2.05) is 30.3 Å². The predicted molar refractivity (Wildman–Crippen MR) is 72.1 cm³/mol. The molecule has 0 saturated carbocycles. The number of hydrogen-bond acceptors (Lipinski definition) is 3. The molecule has 4 heteroatoms. The van der Waals surface area contributed by atoms with Gasteiger partial charge in [-0.15, -0.1) is 0 Å². The summed E-state index contributed by atoms with van der Waals surface area (Å²) < 4.78 is 0. The minimum atomic E-state index is -0.464. The van der Waals surface area contributed by atoms with Gasteiger partial charge in [-0.05, 0) is 24.8 Å². The zero-order valence-electron chi connectivity index (χ0n) is 10.9. The van der Waals surface area contributed by atoms with E-state index in [9.17, 15) is 4.79 Å². The number of nitrogens with zero attached hydrogens (tertiary/aromatic N) is 1. The van der Waals surface area contributed by atoms with Crippen molar-refractivity contribution in [3.63, 3.8) is 0 Å². The second kappa shape index (κ2) is 7.84. The first-order valence-corrected chi connectivity index (χ1v) is 6.30. The van der Waals surface area contributed by atoms with Crippen LogP contribution in [0.5, 0.6) is 0 Å². The number of rotatable bonds is 7. The number of likely N-dealkylation sites (N-methyl/N-ethyl adjacent to an activating group) is 1. The van der Waals surface area contributed by atoms with Gasteiger partial charge < -0.3 is 15.7 Å². The third kappa shape index (κ3) is 4.85. The predicted octanol–water partition coefficient (Wildman–Crippen LogP) is 0.787. The van der Waals surface area contributed by atoms with Crippen molar-refractivity contribution in [1.82, 2.24) is 4.90 Å². The fourth-order valence-electron chi connectivity index (χ4n) is 1.79. The molecule has 1 aromatic carbocycles. The molecule has 1 atom stereocenters. The lowest BCUT2D eigenvalue weighted by atomic mass is 10.1. The van der Waals surface area contributed by atoms with Crippen LogP contribution >= 0.6 is 0 Å². The second-order valence-corrected chi connectivity index (χ2v) is 4.47. The van der Waals surface area contributed by atoms with E-state index in [1.54, 1.807) is 11.9 Å². The fraction of sp³-hybridized carbons (Fsp3) is 0.500. The van der Waals surface area contributed by atoms with E-state index < -0.39 is 6.04 Å². The summed E-state index contributed by atoms with van der Waals surface area (Å²) in [4.78, 5) is 13.5. The number of carbonyl (C=O) groups is 1. The van der Waals surface area contributed by atoms with E-state index in [-0.39, 0.29) is 12.5 Å². The smallest absolute Gasteiger partial charge is 0.239 e. The van der Waals surface area contributed by atoms with Crippen molar-refractivity contribution in [2.24, 2.45) is 5.73 Å². The highest BCUT2D eigenvalue weighted by molar-refractivity contribution is 5.81. The number of amides is 1. The van der Waals surface area contributed by atoms with Crippen molar-refractivity contribution < 1.29 is 9.90 Å². The van der Waals surface area contributed by atoms with E-state index in [0.717, 1.165) is 6.42 Å². The van der Waals surface area contributed by atoms with Gasteiger partial charge in [-0.2, -0.15) is 0 Å². The maximum atomic E-state index is 11.9. The third-order valence-electron chi connectivity index (χ3n) is 2.93. The van der Waals surface area contributed by atoms with Crippen LogP contribution in [0.3, 0.4) is 0 Å². The van der Waals surface area contributed by atoms with Crippen molar-refractivity contribution in [2.75, 3.05) is 20.2 Å². The number of nitrogens with two attached hydrogens (primary N) is 1. The molecule has 0 aliphatic heterocycles. The molecule has 0 heterocycles. The third-order valence-corrected chi connectivity index (χ3v) is 2.93. The van der Waals surface area contributed by atoms with Crippen molar-refractivity contribution >= 4 is 5.91 Å². The maximum absolute atomic E-state index is 11.9. The van der Waals surface area contributed by atoms with Crippen LogP contribution in [0.2, 0.25) is 0 Å². The Morgan fingerprint density at radius 1 is 1.39 bits per heavy atom. The lowest BCUT2D eigenvalue weighted by Gasteiger charge is -2.20. The molecule has 0 aliphatic carbocycles. The molecule has 0 saturated heterocycles. The van der Waals surface area contributed by atoms with Gasteiger partial charge in [-0.25, -0.2) is 0 Å². The van der Waals surface area contributed by atoms with Gasteiger partial charge in [-0.3, -0.25) is 4.79 Å². The van der Waals surface area contributed by atoms with Gasteiger partial charge >= 0.3 is 0 Å². The average molecular weight is 250 g/mol. The van der Waals surface area contributed by atoms with Crippen LogP contribution in [0.4, 0.5) is 0 Å². The summed E-state index contributed by atoms with van der Waals surface area (Å²) in [5, 5.41) is 8.72. The van der Waals surface area contributed by atoms with Gasteiger partial charge in [0.1, 0.15) is 0 Å². The molecule has 0 aromatic heterocycles. The Labute approximate surface area is 108 Å². The normalized spacial score (nSPS) is 12.2. The van der Waals surface area contributed by atoms with Crippen LogP contribution in [0.1, 0.15) is 18.4 Å². The molecule has 0 bridgehead atoms. The summed E-state index contributed by atoms with van der Waals surface area (Å²) >= 11 is 0. The first-order chi connectivity index (χ1) is 8.65. The van der Waals surface area contributed by atoms with Crippen molar-refractivity contribution in [2.45, 2.75) is 25.3 Å². The highest BCUT2D eigenvalue weighted by Gasteiger charge is 2.17. The molecule has 0 aliphatic rings. The van der Waals surface area contributed by atoms with Gasteiger partial charge in [0.15, 0.2) is 0 Å². The monoisotopic (exact) mass is 250 g/mol. The Morgan fingerprint density at radius 3 is 2.67 bits per heavy atom. The van der Waals surface area contributed by atoms with Crippen LogP contribution in [-0.4, -0.2) is 42.2 Å². The minimum Gasteiger partial charge on any atom is -0.396 e. The summed E-state index contributed by atoms with van der Waals surface area (Å²) in [6.45, 7) is 0.644. The second-order valence-electron chi connectivity index (χ2n) is 4.47. The number of hydrogen-bond donors (Lipinski definition) is 2. The number of carbonyl (C=O) groups excluding carboxylic acids is 1. The molecule has 0 spiro atoms. The van der Waals surface area contributed by atoms with E-state index in [4.69, 9.17) is 10.8 Å². The highest BCUT2D eigenvalue weighted by Crippen LogP contribution is 2.05. The Balaban J connectivity index is 2.35. The molecule has 1 aromatic rings.